The van der Waals surface area contributed by atoms with Crippen LogP contribution < -0.4 is 5.32 Å². The van der Waals surface area contributed by atoms with Crippen molar-refractivity contribution in [3.8, 4) is 5.69 Å². The van der Waals surface area contributed by atoms with Gasteiger partial charge in [0.25, 0.3) is 5.69 Å². The Labute approximate surface area is 175 Å². The van der Waals surface area contributed by atoms with Gasteiger partial charge in [0.05, 0.1) is 16.3 Å². The van der Waals surface area contributed by atoms with E-state index in [1.54, 1.807) is 22.9 Å². The van der Waals surface area contributed by atoms with Gasteiger partial charge >= 0.3 is 0 Å². The molecule has 0 unspecified atom stereocenters. The average molecular weight is 413 g/mol. The lowest BCUT2D eigenvalue weighted by Gasteiger charge is -2.35. The van der Waals surface area contributed by atoms with Crippen molar-refractivity contribution in [3.05, 3.63) is 46.1 Å². The largest absolute Gasteiger partial charge is 0.342 e. The number of nitrogens with one attached hydrogen (secondary N) is 1. The van der Waals surface area contributed by atoms with Gasteiger partial charge in [-0.1, -0.05) is 20.8 Å². The van der Waals surface area contributed by atoms with Crippen molar-refractivity contribution in [2.75, 3.05) is 18.4 Å². The maximum absolute atomic E-state index is 12.8. The molecule has 0 aliphatic carbocycles. The highest BCUT2D eigenvalue weighted by Crippen LogP contribution is 2.26. The van der Waals surface area contributed by atoms with Crippen LogP contribution in [0.3, 0.4) is 0 Å². The second kappa shape index (κ2) is 8.25. The molecular weight excluding hydrogens is 386 g/mol. The minimum absolute atomic E-state index is 0.00947. The molecule has 0 saturated carbocycles. The highest BCUT2D eigenvalue weighted by Gasteiger charge is 2.32. The number of anilines is 1. The number of amides is 2. The van der Waals surface area contributed by atoms with Gasteiger partial charge in [0.1, 0.15) is 5.82 Å². The summed E-state index contributed by atoms with van der Waals surface area (Å²) >= 11 is 0. The van der Waals surface area contributed by atoms with Gasteiger partial charge in [-0.2, -0.15) is 5.10 Å². The van der Waals surface area contributed by atoms with E-state index in [1.807, 2.05) is 32.6 Å². The number of carbonyl (C=O) groups is 2. The lowest BCUT2D eigenvalue weighted by atomic mass is 9.90. The van der Waals surface area contributed by atoms with E-state index < -0.39 is 10.3 Å². The Morgan fingerprint density at radius 1 is 1.17 bits per heavy atom. The number of benzene rings is 1. The van der Waals surface area contributed by atoms with E-state index >= 15 is 0 Å². The maximum atomic E-state index is 12.8. The predicted octanol–water partition coefficient (Wildman–Crippen LogP) is 3.31. The molecule has 1 aliphatic rings. The van der Waals surface area contributed by atoms with Crippen LogP contribution in [0, 0.1) is 28.4 Å². The van der Waals surface area contributed by atoms with Gasteiger partial charge in [-0.3, -0.25) is 19.7 Å². The Balaban J connectivity index is 1.68. The maximum Gasteiger partial charge on any atom is 0.269 e. The summed E-state index contributed by atoms with van der Waals surface area (Å²) < 4.78 is 1.56. The third-order valence-corrected chi connectivity index (χ3v) is 5.18. The number of non-ortho nitro benzene ring substituents is 1. The fraction of sp³-hybridized carbons (Fsp3) is 0.476. The summed E-state index contributed by atoms with van der Waals surface area (Å²) in [7, 11) is 0. The highest BCUT2D eigenvalue weighted by molar-refractivity contribution is 5.92. The standard InChI is InChI=1S/C21H27N5O4/c1-14-13-18(25(23-14)16-5-7-17(8-6-16)26(29)30)22-19(27)15-9-11-24(12-10-15)20(28)21(2,3)4/h5-8,13,15H,9-12H2,1-4H3,(H,22,27). The van der Waals surface area contributed by atoms with Crippen molar-refractivity contribution in [2.24, 2.45) is 11.3 Å². The summed E-state index contributed by atoms with van der Waals surface area (Å²) in [5, 5.41) is 18.2. The Morgan fingerprint density at radius 3 is 2.30 bits per heavy atom. The van der Waals surface area contributed by atoms with Gasteiger partial charge in [0, 0.05) is 42.6 Å². The van der Waals surface area contributed by atoms with Crippen LogP contribution >= 0.6 is 0 Å². The van der Waals surface area contributed by atoms with Gasteiger partial charge < -0.3 is 10.2 Å². The molecule has 9 heteroatoms. The van der Waals surface area contributed by atoms with Crippen LogP contribution in [-0.2, 0) is 9.59 Å². The summed E-state index contributed by atoms with van der Waals surface area (Å²) in [6.45, 7) is 8.64. The van der Waals surface area contributed by atoms with E-state index in [4.69, 9.17) is 0 Å². The van der Waals surface area contributed by atoms with Gasteiger partial charge in [0.15, 0.2) is 0 Å². The van der Waals surface area contributed by atoms with Crippen molar-refractivity contribution in [2.45, 2.75) is 40.5 Å². The van der Waals surface area contributed by atoms with Crippen molar-refractivity contribution >= 4 is 23.3 Å². The van der Waals surface area contributed by atoms with Crippen LogP contribution in [0.2, 0.25) is 0 Å². The second-order valence-corrected chi connectivity index (χ2v) is 8.66. The summed E-state index contributed by atoms with van der Waals surface area (Å²) in [4.78, 5) is 37.5. The van der Waals surface area contributed by atoms with E-state index in [2.05, 4.69) is 10.4 Å². The number of rotatable bonds is 4. The number of nitrogens with zero attached hydrogens (tertiary/aromatic N) is 4. The first-order chi connectivity index (χ1) is 14.1. The number of nitro benzene ring substituents is 1. The number of nitro groups is 1. The van der Waals surface area contributed by atoms with Gasteiger partial charge in [-0.05, 0) is 31.9 Å². The molecule has 9 nitrogen and oxygen atoms in total. The van der Waals surface area contributed by atoms with E-state index in [9.17, 15) is 19.7 Å². The number of hydrogen-bond donors (Lipinski definition) is 1. The Bertz CT molecular complexity index is 951. The fourth-order valence-electron chi connectivity index (χ4n) is 3.55. The average Bonchev–Trinajstić information content (AvgIpc) is 3.06. The zero-order chi connectivity index (χ0) is 22.1. The van der Waals surface area contributed by atoms with E-state index in [0.717, 1.165) is 0 Å². The number of aryl methyl sites for hydroxylation is 1. The number of hydrogen-bond acceptors (Lipinski definition) is 5. The predicted molar refractivity (Wildman–Crippen MR) is 112 cm³/mol. The summed E-state index contributed by atoms with van der Waals surface area (Å²) in [5.41, 5.74) is 0.901. The number of piperidine rings is 1. The zero-order valence-electron chi connectivity index (χ0n) is 17.7. The third-order valence-electron chi connectivity index (χ3n) is 5.18. The molecule has 1 N–H and O–H groups in total. The molecule has 1 aromatic carbocycles. The molecule has 160 valence electrons. The normalized spacial score (nSPS) is 15.1. The molecule has 1 saturated heterocycles. The molecule has 1 aromatic heterocycles. The molecular formula is C21H27N5O4. The lowest BCUT2D eigenvalue weighted by Crippen LogP contribution is -2.45. The minimum Gasteiger partial charge on any atom is -0.342 e. The number of carbonyl (C=O) groups excluding carboxylic acids is 2. The molecule has 0 radical (unpaired) electrons. The third kappa shape index (κ3) is 4.67. The number of likely N-dealkylation sites (tertiary alicyclic amines) is 1. The Hall–Kier alpha value is -3.23. The summed E-state index contributed by atoms with van der Waals surface area (Å²) in [5.74, 6) is 0.322. The first-order valence-electron chi connectivity index (χ1n) is 9.98. The second-order valence-electron chi connectivity index (χ2n) is 8.66. The van der Waals surface area contributed by atoms with E-state index in [0.29, 0.717) is 43.1 Å². The van der Waals surface area contributed by atoms with Gasteiger partial charge in [-0.25, -0.2) is 4.68 Å². The quantitative estimate of drug-likeness (QED) is 0.611. The SMILES string of the molecule is Cc1cc(NC(=O)C2CCN(C(=O)C(C)(C)C)CC2)n(-c2ccc([N+](=O)[O-])cc2)n1. The molecule has 1 fully saturated rings. The van der Waals surface area contributed by atoms with Crippen LogP contribution in [-0.4, -0.2) is 44.5 Å². The summed E-state index contributed by atoms with van der Waals surface area (Å²) in [6.07, 6.45) is 1.22. The topological polar surface area (TPSA) is 110 Å². The molecule has 3 rings (SSSR count). The lowest BCUT2D eigenvalue weighted by molar-refractivity contribution is -0.384. The van der Waals surface area contributed by atoms with E-state index in [-0.39, 0.29) is 23.4 Å². The molecule has 30 heavy (non-hydrogen) atoms. The molecule has 2 amide bonds. The van der Waals surface area contributed by atoms with Crippen LogP contribution in [0.5, 0.6) is 0 Å². The Morgan fingerprint density at radius 2 is 1.77 bits per heavy atom. The van der Waals surface area contributed by atoms with Crippen LogP contribution in [0.25, 0.3) is 5.69 Å². The van der Waals surface area contributed by atoms with Crippen LogP contribution in [0.4, 0.5) is 11.5 Å². The minimum atomic E-state index is -0.461. The molecule has 0 spiro atoms. The van der Waals surface area contributed by atoms with Crippen molar-refractivity contribution in [1.29, 1.82) is 0 Å². The zero-order valence-corrected chi connectivity index (χ0v) is 17.7. The molecule has 2 aromatic rings. The van der Waals surface area contributed by atoms with Crippen molar-refractivity contribution in [3.63, 3.8) is 0 Å². The monoisotopic (exact) mass is 413 g/mol. The number of aromatic nitrogens is 2. The molecule has 1 aliphatic heterocycles. The van der Waals surface area contributed by atoms with Crippen molar-refractivity contribution in [1.82, 2.24) is 14.7 Å². The highest BCUT2D eigenvalue weighted by atomic mass is 16.6. The summed E-state index contributed by atoms with van der Waals surface area (Å²) in [6, 6.07) is 7.75. The molecule has 0 atom stereocenters. The molecule has 0 bridgehead atoms. The van der Waals surface area contributed by atoms with Crippen LogP contribution in [0.1, 0.15) is 39.3 Å². The first-order valence-corrected chi connectivity index (χ1v) is 9.98. The van der Waals surface area contributed by atoms with E-state index in [1.165, 1.54) is 12.1 Å². The van der Waals surface area contributed by atoms with Gasteiger partial charge in [-0.15, -0.1) is 0 Å². The fourth-order valence-corrected chi connectivity index (χ4v) is 3.55. The first kappa shape index (κ1) is 21.5. The Kier molecular flexibility index (Phi) is 5.91. The van der Waals surface area contributed by atoms with Crippen LogP contribution in [0.15, 0.2) is 30.3 Å². The van der Waals surface area contributed by atoms with Crippen molar-refractivity contribution < 1.29 is 14.5 Å². The van der Waals surface area contributed by atoms with Gasteiger partial charge in [0.2, 0.25) is 11.8 Å². The smallest absolute Gasteiger partial charge is 0.269 e. The molecule has 2 heterocycles.